The second-order valence-electron chi connectivity index (χ2n) is 30.7. The van der Waals surface area contributed by atoms with Crippen molar-refractivity contribution in [2.24, 2.45) is 0 Å². The van der Waals surface area contributed by atoms with E-state index in [1.165, 1.54) is 187 Å². The predicted molar refractivity (Wildman–Crippen MR) is 499 cm³/mol. The van der Waals surface area contributed by atoms with Gasteiger partial charge in [-0.2, -0.15) is 0 Å². The molecule has 23 rings (SSSR count). The lowest BCUT2D eigenvalue weighted by molar-refractivity contribution is 1.18. The van der Waals surface area contributed by atoms with Crippen molar-refractivity contribution in [1.29, 1.82) is 0 Å². The lowest BCUT2D eigenvalue weighted by Crippen LogP contribution is -1.96. The average molecular weight is 1500 g/mol. The Kier molecular flexibility index (Phi) is 17.2. The molecule has 4 heteroatoms. The molecule has 4 aromatic heterocycles. The van der Waals surface area contributed by atoms with E-state index in [1.54, 1.807) is 0 Å². The minimum Gasteiger partial charge on any atom is -0.309 e. The molecule has 4 heterocycles. The van der Waals surface area contributed by atoms with Gasteiger partial charge in [0.05, 0.1) is 44.1 Å². The molecule has 118 heavy (non-hydrogen) atoms. The van der Waals surface area contributed by atoms with Crippen molar-refractivity contribution in [2.75, 3.05) is 0 Å². The van der Waals surface area contributed by atoms with Gasteiger partial charge in [0.25, 0.3) is 0 Å². The molecular weight excluding hydrogens is 1430 g/mol. The van der Waals surface area contributed by atoms with Gasteiger partial charge >= 0.3 is 0 Å². The van der Waals surface area contributed by atoms with Crippen molar-refractivity contribution in [3.63, 3.8) is 0 Å². The molecule has 0 bridgehead atoms. The van der Waals surface area contributed by atoms with E-state index in [9.17, 15) is 0 Å². The average Bonchev–Trinajstić information content (AvgIpc) is 1.59. The largest absolute Gasteiger partial charge is 0.309 e. The SMILES string of the molecule is c1ccc(-c2ccc(-c3cc(-c4ccc5c(c4)c4ccccc4n5-c4ccccc4)cc(-n4c5ccccc5c5cc(-c6cccc(-c7ccccc7)c6)ccc54)c3)cc2)cc1.c1ccc(-c2ccc(-c3cc(-c4ccc5c(c4)c4ccccc4n5-c4ccccc4)cc(-n4c5ccccc5c5cc(-c6ccccc6)ccc54)c3)cc2)cc1. The zero-order valence-corrected chi connectivity index (χ0v) is 64.7. The highest BCUT2D eigenvalue weighted by Crippen LogP contribution is 2.45. The van der Waals surface area contributed by atoms with Crippen molar-refractivity contribution < 1.29 is 0 Å². The van der Waals surface area contributed by atoms with Crippen molar-refractivity contribution in [1.82, 2.24) is 18.3 Å². The van der Waals surface area contributed by atoms with Gasteiger partial charge in [-0.3, -0.25) is 0 Å². The lowest BCUT2D eigenvalue weighted by Gasteiger charge is -2.15. The summed E-state index contributed by atoms with van der Waals surface area (Å²) in [4.78, 5) is 0. The van der Waals surface area contributed by atoms with Crippen molar-refractivity contribution in [2.45, 2.75) is 0 Å². The number of hydrogen-bond acceptors (Lipinski definition) is 0. The van der Waals surface area contributed by atoms with Gasteiger partial charge < -0.3 is 18.3 Å². The van der Waals surface area contributed by atoms with E-state index in [2.05, 4.69) is 479 Å². The molecule has 0 N–H and O–H groups in total. The van der Waals surface area contributed by atoms with E-state index < -0.39 is 0 Å². The molecule has 4 nitrogen and oxygen atoms in total. The Morgan fingerprint density at radius 2 is 0.271 bits per heavy atom. The Balaban J connectivity index is 0.000000143. The first kappa shape index (κ1) is 69.1. The van der Waals surface area contributed by atoms with E-state index in [-0.39, 0.29) is 0 Å². The molecule has 0 aliphatic heterocycles. The van der Waals surface area contributed by atoms with E-state index in [1.807, 2.05) is 0 Å². The van der Waals surface area contributed by atoms with Gasteiger partial charge in [0.1, 0.15) is 0 Å². The Bertz CT molecular complexity index is 7730. The van der Waals surface area contributed by atoms with Crippen LogP contribution in [0.25, 0.3) is 210 Å². The van der Waals surface area contributed by atoms with Crippen LogP contribution < -0.4 is 0 Å². The van der Waals surface area contributed by atoms with Crippen molar-refractivity contribution in [3.05, 3.63) is 461 Å². The molecule has 0 saturated heterocycles. The van der Waals surface area contributed by atoms with Crippen LogP contribution in [0.4, 0.5) is 0 Å². The maximum Gasteiger partial charge on any atom is 0.0541 e. The molecule has 0 saturated carbocycles. The van der Waals surface area contributed by atoms with Crippen LogP contribution in [0.2, 0.25) is 0 Å². The summed E-state index contributed by atoms with van der Waals surface area (Å²) in [6.07, 6.45) is 0. The molecule has 19 aromatic carbocycles. The van der Waals surface area contributed by atoms with Gasteiger partial charge in [0.15, 0.2) is 0 Å². The monoisotopic (exact) mass is 1500 g/mol. The summed E-state index contributed by atoms with van der Waals surface area (Å²) in [5, 5.41) is 9.93. The molecule has 23 aromatic rings. The van der Waals surface area contributed by atoms with E-state index >= 15 is 0 Å². The van der Waals surface area contributed by atoms with Gasteiger partial charge in [-0.05, 0) is 240 Å². The minimum absolute atomic E-state index is 1.13. The van der Waals surface area contributed by atoms with Crippen LogP contribution in [0.1, 0.15) is 0 Å². The fourth-order valence-electron chi connectivity index (χ4n) is 18.1. The fourth-order valence-corrected chi connectivity index (χ4v) is 18.1. The topological polar surface area (TPSA) is 19.7 Å². The summed E-state index contributed by atoms with van der Waals surface area (Å²) >= 11 is 0. The fraction of sp³-hybridized carbons (Fsp3) is 0. The lowest BCUT2D eigenvalue weighted by atomic mass is 9.95. The number of benzene rings is 19. The van der Waals surface area contributed by atoms with Gasteiger partial charge in [0, 0.05) is 65.8 Å². The predicted octanol–water partition coefficient (Wildman–Crippen LogP) is 30.8. The molecule has 552 valence electrons. The zero-order chi connectivity index (χ0) is 78.0. The molecule has 0 atom stereocenters. The number of nitrogens with zero attached hydrogens (tertiary/aromatic N) is 4. The Labute approximate surface area is 684 Å². The highest BCUT2D eigenvalue weighted by atomic mass is 15.0. The van der Waals surface area contributed by atoms with Gasteiger partial charge in [-0.15, -0.1) is 0 Å². The number of rotatable bonds is 13. The summed E-state index contributed by atoms with van der Waals surface area (Å²) in [5.74, 6) is 0. The summed E-state index contributed by atoms with van der Waals surface area (Å²) < 4.78 is 9.67. The third-order valence-electron chi connectivity index (χ3n) is 23.8. The summed E-state index contributed by atoms with van der Waals surface area (Å²) in [6, 6.07) is 168. The number of fused-ring (bicyclic) bond motifs is 12. The molecule has 0 unspecified atom stereocenters. The third kappa shape index (κ3) is 12.4. The van der Waals surface area contributed by atoms with Crippen LogP contribution in [0, 0.1) is 0 Å². The standard InChI is InChI=1S/C60H40N2.C54H36N2/c1-4-15-41(16-5-1)43-27-29-44(30-28-43)49-36-50(48-32-34-59-56(40-48)53-23-10-12-25-57(53)61(59)51-21-8-3-9-22-51)38-52(37-49)62-58-26-13-11-24-54(58)55-39-47(31-33-60(55)62)46-20-14-19-45(35-46)42-17-6-2-7-18-42;1-4-14-37(15-5-1)39-24-26-40(27-25-39)43-32-44(42-29-31-53-50(36-42)47-20-10-12-22-51(47)55(53)45-18-8-3-9-19-45)34-46(33-43)56-52-23-13-11-21-48(52)49-35-41(28-30-54(49)56)38-16-6-2-7-17-38/h1-40H;1-36H. The van der Waals surface area contributed by atoms with Crippen LogP contribution >= 0.6 is 0 Å². The Morgan fingerprint density at radius 1 is 0.0932 bits per heavy atom. The van der Waals surface area contributed by atoms with Crippen molar-refractivity contribution >= 4 is 87.2 Å². The van der Waals surface area contributed by atoms with Crippen LogP contribution in [-0.2, 0) is 0 Å². The van der Waals surface area contributed by atoms with Gasteiger partial charge in [-0.25, -0.2) is 0 Å². The summed E-state index contributed by atoms with van der Waals surface area (Å²) in [6.45, 7) is 0. The number of aromatic nitrogens is 4. The molecule has 0 fully saturated rings. The van der Waals surface area contributed by atoms with Crippen LogP contribution in [0.15, 0.2) is 461 Å². The van der Waals surface area contributed by atoms with Crippen LogP contribution in [-0.4, -0.2) is 18.3 Å². The van der Waals surface area contributed by atoms with E-state index in [0.29, 0.717) is 0 Å². The highest BCUT2D eigenvalue weighted by molar-refractivity contribution is 6.15. The maximum atomic E-state index is 2.46. The number of hydrogen-bond donors (Lipinski definition) is 0. The first-order chi connectivity index (χ1) is 58.5. The molecule has 0 radical (unpaired) electrons. The second kappa shape index (κ2) is 29.4. The molecule has 0 amide bonds. The first-order valence-electron chi connectivity index (χ1n) is 40.6. The van der Waals surface area contributed by atoms with E-state index in [4.69, 9.17) is 0 Å². The molecule has 0 aliphatic rings. The molecular formula is C114H76N4. The second-order valence-corrected chi connectivity index (χ2v) is 30.7. The quantitative estimate of drug-likeness (QED) is 0.110. The maximum absolute atomic E-state index is 2.46. The number of para-hydroxylation sites is 6. The van der Waals surface area contributed by atoms with Crippen molar-refractivity contribution in [3.8, 4) is 123 Å². The third-order valence-corrected chi connectivity index (χ3v) is 23.8. The Hall–Kier alpha value is -15.6. The summed E-state index contributed by atoms with van der Waals surface area (Å²) in [5.41, 5.74) is 35.7. The minimum atomic E-state index is 1.13. The normalized spacial score (nSPS) is 11.6. The summed E-state index contributed by atoms with van der Waals surface area (Å²) in [7, 11) is 0. The van der Waals surface area contributed by atoms with Gasteiger partial charge in [0.2, 0.25) is 0 Å². The van der Waals surface area contributed by atoms with Crippen LogP contribution in [0.3, 0.4) is 0 Å². The Morgan fingerprint density at radius 3 is 0.585 bits per heavy atom. The smallest absolute Gasteiger partial charge is 0.0541 e. The van der Waals surface area contributed by atoms with Crippen LogP contribution in [0.5, 0.6) is 0 Å². The molecule has 0 aliphatic carbocycles. The first-order valence-corrected chi connectivity index (χ1v) is 40.6. The van der Waals surface area contributed by atoms with Gasteiger partial charge in [-0.1, -0.05) is 322 Å². The molecule has 0 spiro atoms. The van der Waals surface area contributed by atoms with E-state index in [0.717, 1.165) is 22.7 Å². The highest BCUT2D eigenvalue weighted by Gasteiger charge is 2.22. The zero-order valence-electron chi connectivity index (χ0n) is 64.7.